The van der Waals surface area contributed by atoms with Crippen molar-refractivity contribution in [2.24, 2.45) is 0 Å². The van der Waals surface area contributed by atoms with Crippen molar-refractivity contribution in [2.45, 2.75) is 39.2 Å². The van der Waals surface area contributed by atoms with Crippen molar-refractivity contribution in [2.75, 3.05) is 5.32 Å². The average molecular weight is 291 g/mol. The molecule has 0 spiro atoms. The predicted molar refractivity (Wildman–Crippen MR) is 67.2 cm³/mol. The Morgan fingerprint density at radius 2 is 1.90 bits per heavy atom. The van der Waals surface area contributed by atoms with Crippen LogP contribution in [0.15, 0.2) is 18.2 Å². The largest absolute Gasteiger partial charge is 0.444 e. The zero-order valence-electron chi connectivity index (χ0n) is 11.3. The average Bonchev–Trinajstić information content (AvgIpc) is 2.25. The minimum atomic E-state index is -4.64. The number of aliphatic hydroxyl groups excluding tert-OH is 1. The van der Waals surface area contributed by atoms with Gasteiger partial charge in [-0.1, -0.05) is 6.07 Å². The molecule has 0 fully saturated rings. The third-order valence-corrected chi connectivity index (χ3v) is 2.21. The van der Waals surface area contributed by atoms with Gasteiger partial charge in [-0.2, -0.15) is 13.2 Å². The van der Waals surface area contributed by atoms with Crippen molar-refractivity contribution in [3.8, 4) is 0 Å². The molecule has 0 aliphatic heterocycles. The van der Waals surface area contributed by atoms with E-state index in [1.54, 1.807) is 20.8 Å². The van der Waals surface area contributed by atoms with Gasteiger partial charge >= 0.3 is 12.3 Å². The van der Waals surface area contributed by atoms with Crippen molar-refractivity contribution in [3.05, 3.63) is 29.3 Å². The van der Waals surface area contributed by atoms with Crippen LogP contribution in [0.4, 0.5) is 23.7 Å². The number of nitrogens with one attached hydrogen (secondary N) is 1. The molecule has 0 unspecified atom stereocenters. The van der Waals surface area contributed by atoms with Crippen LogP contribution in [0.2, 0.25) is 0 Å². The summed E-state index contributed by atoms with van der Waals surface area (Å²) in [6.07, 6.45) is -5.62. The maximum absolute atomic E-state index is 12.9. The van der Waals surface area contributed by atoms with E-state index in [0.717, 1.165) is 12.1 Å². The van der Waals surface area contributed by atoms with Crippen molar-refractivity contribution in [1.29, 1.82) is 0 Å². The molecule has 1 rings (SSSR count). The minimum Gasteiger partial charge on any atom is -0.444 e. The number of hydrogen-bond donors (Lipinski definition) is 2. The van der Waals surface area contributed by atoms with Gasteiger partial charge in [0, 0.05) is 0 Å². The van der Waals surface area contributed by atoms with Crippen LogP contribution < -0.4 is 5.32 Å². The van der Waals surface area contributed by atoms with E-state index in [0.29, 0.717) is 0 Å². The number of carbonyl (C=O) groups is 1. The molecule has 0 saturated carbocycles. The van der Waals surface area contributed by atoms with Gasteiger partial charge in [-0.3, -0.25) is 5.32 Å². The van der Waals surface area contributed by atoms with Crippen molar-refractivity contribution in [3.63, 3.8) is 0 Å². The number of carbonyl (C=O) groups excluding carboxylic acids is 1. The van der Waals surface area contributed by atoms with Crippen LogP contribution in [0.1, 0.15) is 31.9 Å². The maximum Gasteiger partial charge on any atom is 0.418 e. The van der Waals surface area contributed by atoms with Crippen LogP contribution in [0.5, 0.6) is 0 Å². The highest BCUT2D eigenvalue weighted by Gasteiger charge is 2.34. The second kappa shape index (κ2) is 5.70. The monoisotopic (exact) mass is 291 g/mol. The molecule has 4 nitrogen and oxygen atoms in total. The third-order valence-electron chi connectivity index (χ3n) is 2.21. The number of aliphatic hydroxyl groups is 1. The smallest absolute Gasteiger partial charge is 0.418 e. The lowest BCUT2D eigenvalue weighted by Crippen LogP contribution is -2.28. The molecule has 1 aromatic carbocycles. The van der Waals surface area contributed by atoms with Crippen molar-refractivity contribution >= 4 is 11.8 Å². The number of hydrogen-bond acceptors (Lipinski definition) is 3. The molecule has 0 aromatic heterocycles. The first-order chi connectivity index (χ1) is 9.03. The fourth-order valence-electron chi connectivity index (χ4n) is 1.45. The van der Waals surface area contributed by atoms with E-state index in [2.05, 4.69) is 5.32 Å². The quantitative estimate of drug-likeness (QED) is 0.876. The molecule has 1 amide bonds. The Hall–Kier alpha value is -1.76. The molecule has 1 aromatic rings. The van der Waals surface area contributed by atoms with Crippen LogP contribution >= 0.6 is 0 Å². The summed E-state index contributed by atoms with van der Waals surface area (Å²) in [5.41, 5.74) is -2.15. The second-order valence-electron chi connectivity index (χ2n) is 5.16. The number of anilines is 1. The summed E-state index contributed by atoms with van der Waals surface area (Å²) in [5.74, 6) is 0. The SMILES string of the molecule is CC(C)(C)OC(=O)Nc1ccc(CO)cc1C(F)(F)F. The number of halogens is 3. The van der Waals surface area contributed by atoms with Gasteiger partial charge in [0.2, 0.25) is 0 Å². The van der Waals surface area contributed by atoms with Gasteiger partial charge in [0.15, 0.2) is 0 Å². The first-order valence-corrected chi connectivity index (χ1v) is 5.84. The summed E-state index contributed by atoms with van der Waals surface area (Å²) in [5, 5.41) is 10.9. The van der Waals surface area contributed by atoms with E-state index < -0.39 is 35.7 Å². The van der Waals surface area contributed by atoms with E-state index in [-0.39, 0.29) is 5.56 Å². The molecular weight excluding hydrogens is 275 g/mol. The van der Waals surface area contributed by atoms with E-state index in [1.165, 1.54) is 6.07 Å². The summed E-state index contributed by atoms with van der Waals surface area (Å²) in [4.78, 5) is 11.5. The van der Waals surface area contributed by atoms with Gasteiger partial charge in [-0.15, -0.1) is 0 Å². The summed E-state index contributed by atoms with van der Waals surface area (Å²) >= 11 is 0. The summed E-state index contributed by atoms with van der Waals surface area (Å²) in [6.45, 7) is 4.29. The number of rotatable bonds is 2. The summed E-state index contributed by atoms with van der Waals surface area (Å²) < 4.78 is 43.5. The van der Waals surface area contributed by atoms with Crippen molar-refractivity contribution in [1.82, 2.24) is 0 Å². The third kappa shape index (κ3) is 4.73. The van der Waals surface area contributed by atoms with Crippen LogP contribution in [0.3, 0.4) is 0 Å². The minimum absolute atomic E-state index is 0.104. The molecule has 0 heterocycles. The van der Waals surface area contributed by atoms with Crippen molar-refractivity contribution < 1.29 is 27.8 Å². The standard InChI is InChI=1S/C13H16F3NO3/c1-12(2,3)20-11(19)17-10-5-4-8(7-18)6-9(10)13(14,15)16/h4-6,18H,7H2,1-3H3,(H,17,19). The maximum atomic E-state index is 12.9. The lowest BCUT2D eigenvalue weighted by atomic mass is 10.1. The lowest BCUT2D eigenvalue weighted by Gasteiger charge is -2.21. The normalized spacial score (nSPS) is 12.2. The van der Waals surface area contributed by atoms with Crippen LogP contribution in [0, 0.1) is 0 Å². The molecule has 0 saturated heterocycles. The van der Waals surface area contributed by atoms with Gasteiger partial charge in [-0.25, -0.2) is 4.79 Å². The Bertz CT molecular complexity index is 493. The lowest BCUT2D eigenvalue weighted by molar-refractivity contribution is -0.137. The first kappa shape index (κ1) is 16.3. The fourth-order valence-corrected chi connectivity index (χ4v) is 1.45. The predicted octanol–water partition coefficient (Wildman–Crippen LogP) is 3.54. The highest BCUT2D eigenvalue weighted by atomic mass is 19.4. The molecular formula is C13H16F3NO3. The Morgan fingerprint density at radius 1 is 1.30 bits per heavy atom. The van der Waals surface area contributed by atoms with Crippen LogP contribution in [-0.4, -0.2) is 16.8 Å². The second-order valence-corrected chi connectivity index (χ2v) is 5.16. The Morgan fingerprint density at radius 3 is 2.35 bits per heavy atom. The Balaban J connectivity index is 3.03. The topological polar surface area (TPSA) is 58.6 Å². The zero-order valence-corrected chi connectivity index (χ0v) is 11.3. The Labute approximate surface area is 114 Å². The van der Waals surface area contributed by atoms with E-state index in [1.807, 2.05) is 0 Å². The summed E-state index contributed by atoms with van der Waals surface area (Å²) in [7, 11) is 0. The van der Waals surface area contributed by atoms with E-state index in [9.17, 15) is 18.0 Å². The number of ether oxygens (including phenoxy) is 1. The molecule has 20 heavy (non-hydrogen) atoms. The van der Waals surface area contributed by atoms with Crippen LogP contribution in [0.25, 0.3) is 0 Å². The highest BCUT2D eigenvalue weighted by molar-refractivity contribution is 5.86. The molecule has 0 atom stereocenters. The molecule has 0 aliphatic carbocycles. The number of benzene rings is 1. The summed E-state index contributed by atoms with van der Waals surface area (Å²) in [6, 6.07) is 3.16. The molecule has 0 radical (unpaired) electrons. The first-order valence-electron chi connectivity index (χ1n) is 5.84. The van der Waals surface area contributed by atoms with E-state index >= 15 is 0 Å². The highest BCUT2D eigenvalue weighted by Crippen LogP contribution is 2.35. The molecule has 7 heteroatoms. The Kier molecular flexibility index (Phi) is 4.65. The molecule has 0 aliphatic rings. The number of alkyl halides is 3. The van der Waals surface area contributed by atoms with Gasteiger partial charge < -0.3 is 9.84 Å². The fraction of sp³-hybridized carbons (Fsp3) is 0.462. The molecule has 2 N–H and O–H groups in total. The van der Waals surface area contributed by atoms with Gasteiger partial charge in [0.1, 0.15) is 5.60 Å². The van der Waals surface area contributed by atoms with Gasteiger partial charge in [0.25, 0.3) is 0 Å². The van der Waals surface area contributed by atoms with Gasteiger partial charge in [0.05, 0.1) is 17.9 Å². The van der Waals surface area contributed by atoms with Crippen LogP contribution in [-0.2, 0) is 17.5 Å². The van der Waals surface area contributed by atoms with E-state index in [4.69, 9.17) is 9.84 Å². The van der Waals surface area contributed by atoms with Gasteiger partial charge in [-0.05, 0) is 38.5 Å². The number of amides is 1. The molecule has 112 valence electrons. The zero-order chi connectivity index (χ0) is 15.6. The molecule has 0 bridgehead atoms.